The number of ether oxygens (including phenoxy) is 1. The van der Waals surface area contributed by atoms with Gasteiger partial charge in [-0.05, 0) is 109 Å². The standard InChI is InChI=1S/C58H64FN9O5/c1-4-37-6-5-7-38-23-44(69)24-47(51(37)38)53-52(59)54-48(27-60-53)55(67-31-41-10-11-42(32-67)61-41)63-57(62-54)73-34-58(14-15-58)33-65-16-12-43(13-17-65)66-20-18-64(19-21-66)28-36-8-9-39-29-68(30-40(39)22-36)56(72)46-25-45(35(2)3)49(70)26-50(46)71/h1,5-9,22-27,35,41-43,61,69-71H,10-21,28-34H2,2-3H3. The van der Waals surface area contributed by atoms with E-state index in [1.807, 2.05) is 32.0 Å². The van der Waals surface area contributed by atoms with Crippen LogP contribution in [0.4, 0.5) is 10.2 Å². The number of nitrogens with zero attached hydrogens (tertiary/aromatic N) is 8. The van der Waals surface area contributed by atoms with Gasteiger partial charge in [-0.3, -0.25) is 19.6 Å². The molecular formula is C58H64FN9O5. The van der Waals surface area contributed by atoms with Gasteiger partial charge in [0.2, 0.25) is 0 Å². The highest BCUT2D eigenvalue weighted by molar-refractivity contribution is 6.03. The molecule has 2 bridgehead atoms. The van der Waals surface area contributed by atoms with Gasteiger partial charge in [-0.2, -0.15) is 9.97 Å². The second kappa shape index (κ2) is 19.0. The predicted molar refractivity (Wildman–Crippen MR) is 279 cm³/mol. The summed E-state index contributed by atoms with van der Waals surface area (Å²) in [7, 11) is 0. The summed E-state index contributed by atoms with van der Waals surface area (Å²) >= 11 is 0. The first-order valence-corrected chi connectivity index (χ1v) is 26.2. The fourth-order valence-corrected chi connectivity index (χ4v) is 12.5. The number of fused-ring (bicyclic) bond motifs is 5. The molecule has 4 N–H and O–H groups in total. The molecule has 6 aromatic rings. The molecule has 0 spiro atoms. The van der Waals surface area contributed by atoms with E-state index in [1.165, 1.54) is 17.7 Å². The molecule has 15 heteroatoms. The van der Waals surface area contributed by atoms with Gasteiger partial charge in [0, 0.05) is 118 Å². The molecule has 7 heterocycles. The molecule has 5 fully saturated rings. The van der Waals surface area contributed by atoms with Crippen molar-refractivity contribution in [2.45, 2.75) is 96.1 Å². The fraction of sp³-hybridized carbons (Fsp3) is 0.448. The number of aromatic hydroxyl groups is 3. The van der Waals surface area contributed by atoms with Crippen LogP contribution in [0.3, 0.4) is 0 Å². The minimum Gasteiger partial charge on any atom is -0.508 e. The number of anilines is 1. The number of aromatic nitrogens is 3. The van der Waals surface area contributed by atoms with Crippen LogP contribution >= 0.6 is 0 Å². The Balaban J connectivity index is 0.665. The Kier molecular flexibility index (Phi) is 12.4. The van der Waals surface area contributed by atoms with Gasteiger partial charge >= 0.3 is 6.01 Å². The molecule has 4 saturated heterocycles. The molecule has 12 rings (SSSR count). The quantitative estimate of drug-likeness (QED) is 0.0886. The van der Waals surface area contributed by atoms with Crippen molar-refractivity contribution in [2.75, 3.05) is 70.4 Å². The van der Waals surface area contributed by atoms with Gasteiger partial charge < -0.3 is 40.1 Å². The van der Waals surface area contributed by atoms with E-state index < -0.39 is 5.82 Å². The summed E-state index contributed by atoms with van der Waals surface area (Å²) in [5, 5.41) is 37.2. The molecule has 378 valence electrons. The zero-order valence-corrected chi connectivity index (χ0v) is 41.8. The molecule has 1 saturated carbocycles. The summed E-state index contributed by atoms with van der Waals surface area (Å²) in [6, 6.07) is 19.5. The number of phenolic OH excluding ortho intramolecular Hbond substituents is 3. The maximum Gasteiger partial charge on any atom is 0.319 e. The number of terminal acetylenes is 1. The zero-order valence-electron chi connectivity index (χ0n) is 41.8. The van der Waals surface area contributed by atoms with Crippen molar-refractivity contribution >= 4 is 33.4 Å². The van der Waals surface area contributed by atoms with Gasteiger partial charge in [0.1, 0.15) is 34.3 Å². The van der Waals surface area contributed by atoms with Crippen molar-refractivity contribution in [3.8, 4) is 46.9 Å². The lowest BCUT2D eigenvalue weighted by atomic mass is 9.96. The average Bonchev–Trinajstić information content (AvgIpc) is 3.88. The van der Waals surface area contributed by atoms with Crippen LogP contribution in [0, 0.1) is 23.6 Å². The first-order chi connectivity index (χ1) is 35.4. The van der Waals surface area contributed by atoms with E-state index in [4.69, 9.17) is 21.1 Å². The first kappa shape index (κ1) is 47.4. The van der Waals surface area contributed by atoms with Crippen LogP contribution in [0.2, 0.25) is 0 Å². The van der Waals surface area contributed by atoms with E-state index in [9.17, 15) is 20.1 Å². The molecule has 2 aromatic heterocycles. The third kappa shape index (κ3) is 9.28. The maximum absolute atomic E-state index is 17.2. The van der Waals surface area contributed by atoms with Gasteiger partial charge in [0.05, 0.1) is 17.6 Å². The lowest BCUT2D eigenvalue weighted by molar-refractivity contribution is 0.0482. The molecule has 6 aliphatic rings. The van der Waals surface area contributed by atoms with Crippen LogP contribution in [0.25, 0.3) is 32.9 Å². The van der Waals surface area contributed by atoms with Crippen LogP contribution in [0.15, 0.2) is 66.9 Å². The van der Waals surface area contributed by atoms with Crippen molar-refractivity contribution in [3.63, 3.8) is 0 Å². The van der Waals surface area contributed by atoms with Crippen LogP contribution in [0.1, 0.15) is 96.5 Å². The van der Waals surface area contributed by atoms with Crippen molar-refractivity contribution in [2.24, 2.45) is 5.41 Å². The highest BCUT2D eigenvalue weighted by Crippen LogP contribution is 2.47. The molecule has 73 heavy (non-hydrogen) atoms. The highest BCUT2D eigenvalue weighted by Gasteiger charge is 2.46. The Morgan fingerprint density at radius 2 is 1.66 bits per heavy atom. The first-order valence-electron chi connectivity index (χ1n) is 26.2. The number of pyridine rings is 1. The number of piperidine rings is 1. The Labute approximate surface area is 425 Å². The SMILES string of the molecule is C#Cc1cccc2cc(O)cc(-c3ncc4c(N5CC6CCC(C5)N6)nc(OCC5(CN6CCC(N7CCN(Cc8ccc9c(c8)CN(C(=O)c8cc(C(C)C)c(O)cc8O)C9)CC7)CC6)CC5)nc4c3F)c12. The molecule has 1 aliphatic carbocycles. The summed E-state index contributed by atoms with van der Waals surface area (Å²) in [4.78, 5) is 39.9. The fourth-order valence-electron chi connectivity index (χ4n) is 12.5. The number of phenols is 3. The summed E-state index contributed by atoms with van der Waals surface area (Å²) in [5.41, 5.74) is 5.59. The molecule has 2 unspecified atom stereocenters. The topological polar surface area (TPSA) is 154 Å². The predicted octanol–water partition coefficient (Wildman–Crippen LogP) is 7.74. The van der Waals surface area contributed by atoms with E-state index >= 15 is 4.39 Å². The number of carbonyl (C=O) groups is 1. The van der Waals surface area contributed by atoms with Crippen molar-refractivity contribution < 1.29 is 29.2 Å². The molecule has 0 radical (unpaired) electrons. The maximum atomic E-state index is 17.2. The van der Waals surface area contributed by atoms with E-state index in [0.29, 0.717) is 76.5 Å². The lowest BCUT2D eigenvalue weighted by Crippen LogP contribution is -2.53. The number of nitrogens with one attached hydrogen (secondary N) is 1. The van der Waals surface area contributed by atoms with Gasteiger partial charge in [0.25, 0.3) is 5.91 Å². The lowest BCUT2D eigenvalue weighted by Gasteiger charge is -2.43. The largest absolute Gasteiger partial charge is 0.508 e. The van der Waals surface area contributed by atoms with Crippen LogP contribution < -0.4 is 15.0 Å². The number of carbonyl (C=O) groups excluding carboxylic acids is 1. The summed E-state index contributed by atoms with van der Waals surface area (Å²) in [6.07, 6.45) is 14.1. The third-order valence-corrected chi connectivity index (χ3v) is 16.7. The molecule has 4 aromatic carbocycles. The van der Waals surface area contributed by atoms with Gasteiger partial charge in [-0.25, -0.2) is 4.39 Å². The molecule has 2 atom stereocenters. The van der Waals surface area contributed by atoms with Crippen LogP contribution in [0.5, 0.6) is 23.3 Å². The number of hydrogen-bond donors (Lipinski definition) is 4. The second-order valence-electron chi connectivity index (χ2n) is 22.1. The smallest absolute Gasteiger partial charge is 0.319 e. The molecule has 14 nitrogen and oxygen atoms in total. The van der Waals surface area contributed by atoms with E-state index in [2.05, 4.69) is 54.0 Å². The Bertz CT molecular complexity index is 3160. The monoisotopic (exact) mass is 986 g/mol. The van der Waals surface area contributed by atoms with Crippen molar-refractivity contribution in [1.29, 1.82) is 0 Å². The number of piperazine rings is 2. The minimum absolute atomic E-state index is 0.00221. The van der Waals surface area contributed by atoms with Gasteiger partial charge in [0.15, 0.2) is 5.82 Å². The van der Waals surface area contributed by atoms with Gasteiger partial charge in [-0.15, -0.1) is 6.42 Å². The summed E-state index contributed by atoms with van der Waals surface area (Å²) < 4.78 is 23.7. The van der Waals surface area contributed by atoms with Gasteiger partial charge in [-0.1, -0.05) is 50.1 Å². The van der Waals surface area contributed by atoms with Crippen molar-refractivity contribution in [1.82, 2.24) is 39.9 Å². The Morgan fingerprint density at radius 3 is 2.40 bits per heavy atom. The number of halogens is 1. The highest BCUT2D eigenvalue weighted by atomic mass is 19.1. The van der Waals surface area contributed by atoms with Crippen LogP contribution in [-0.2, 0) is 19.6 Å². The zero-order chi connectivity index (χ0) is 50.1. The molecule has 1 amide bonds. The summed E-state index contributed by atoms with van der Waals surface area (Å²) in [6.45, 7) is 14.9. The van der Waals surface area contributed by atoms with E-state index in [-0.39, 0.29) is 57.3 Å². The third-order valence-electron chi connectivity index (χ3n) is 16.7. The van der Waals surface area contributed by atoms with E-state index in [1.54, 1.807) is 23.2 Å². The van der Waals surface area contributed by atoms with E-state index in [0.717, 1.165) is 115 Å². The number of likely N-dealkylation sites (tertiary alicyclic amines) is 1. The normalized spacial score (nSPS) is 21.3. The minimum atomic E-state index is -0.605. The molecule has 5 aliphatic heterocycles. The number of hydrogen-bond acceptors (Lipinski definition) is 13. The number of rotatable bonds is 12. The van der Waals surface area contributed by atoms with Crippen molar-refractivity contribution in [3.05, 3.63) is 106 Å². The second-order valence-corrected chi connectivity index (χ2v) is 22.1. The number of benzene rings is 4. The Morgan fingerprint density at radius 1 is 0.890 bits per heavy atom. The Hall–Kier alpha value is -6.57. The number of amides is 1. The van der Waals surface area contributed by atoms with Crippen LogP contribution in [-0.4, -0.2) is 139 Å². The molecular weight excluding hydrogens is 922 g/mol. The summed E-state index contributed by atoms with van der Waals surface area (Å²) in [5.74, 6) is 2.35. The average molecular weight is 986 g/mol.